The van der Waals surface area contributed by atoms with E-state index in [9.17, 15) is 0 Å². The number of ether oxygens (including phenoxy) is 2. The third-order valence-corrected chi connectivity index (χ3v) is 8.68. The van der Waals surface area contributed by atoms with Crippen LogP contribution in [0.4, 0.5) is 0 Å². The van der Waals surface area contributed by atoms with E-state index in [2.05, 4.69) is 97.1 Å². The molecular weight excluding hydrogens is 478 g/mol. The minimum absolute atomic E-state index is 0.00388. The summed E-state index contributed by atoms with van der Waals surface area (Å²) in [6.07, 6.45) is 1.91. The second kappa shape index (κ2) is 8.43. The Bertz CT molecular complexity index is 1750. The summed E-state index contributed by atoms with van der Waals surface area (Å²) in [5, 5.41) is 9.13. The van der Waals surface area contributed by atoms with Crippen molar-refractivity contribution in [2.24, 2.45) is 0 Å². The van der Waals surface area contributed by atoms with E-state index in [1.807, 2.05) is 24.3 Å². The Kier molecular flexibility index (Phi) is 4.83. The maximum Gasteiger partial charge on any atom is 0.132 e. The van der Waals surface area contributed by atoms with E-state index in [1.165, 1.54) is 33.4 Å². The second-order valence-electron chi connectivity index (χ2n) is 10.6. The summed E-state index contributed by atoms with van der Waals surface area (Å²) in [6, 6.07) is 42.7. The van der Waals surface area contributed by atoms with Crippen molar-refractivity contribution in [1.82, 2.24) is 0 Å². The lowest BCUT2D eigenvalue weighted by Gasteiger charge is -2.39. The highest BCUT2D eigenvalue weighted by molar-refractivity contribution is 5.88. The molecule has 2 aliphatic heterocycles. The van der Waals surface area contributed by atoms with E-state index in [0.717, 1.165) is 35.5 Å². The van der Waals surface area contributed by atoms with Crippen molar-refractivity contribution in [3.05, 3.63) is 154 Å². The fourth-order valence-corrected chi connectivity index (χ4v) is 6.98. The monoisotopic (exact) mass is 503 g/mol. The summed E-state index contributed by atoms with van der Waals surface area (Å²) in [6.45, 7) is 0. The fourth-order valence-electron chi connectivity index (χ4n) is 6.98. The van der Waals surface area contributed by atoms with Crippen LogP contribution in [0.25, 0.3) is 11.1 Å². The van der Waals surface area contributed by atoms with Crippen LogP contribution < -0.4 is 4.74 Å². The number of benzene rings is 5. The van der Waals surface area contributed by atoms with Crippen molar-refractivity contribution in [3.63, 3.8) is 0 Å². The number of rotatable bonds is 2. The first-order chi connectivity index (χ1) is 19.3. The van der Waals surface area contributed by atoms with Gasteiger partial charge in [-0.05, 0) is 70.5 Å². The molecule has 0 radical (unpaired) electrons. The highest BCUT2D eigenvalue weighted by atomic mass is 16.5. The molecule has 2 heterocycles. The van der Waals surface area contributed by atoms with Gasteiger partial charge in [0.05, 0.1) is 29.3 Å². The first kappa shape index (κ1) is 22.3. The van der Waals surface area contributed by atoms with Crippen LogP contribution in [0, 0.1) is 11.3 Å². The molecule has 1 saturated heterocycles. The van der Waals surface area contributed by atoms with Crippen LogP contribution >= 0.6 is 0 Å². The van der Waals surface area contributed by atoms with Gasteiger partial charge in [0.2, 0.25) is 0 Å². The number of fused-ring (bicyclic) bond motifs is 9. The maximum atomic E-state index is 9.13. The van der Waals surface area contributed by atoms with Crippen LogP contribution in [0.15, 0.2) is 115 Å². The Labute approximate surface area is 227 Å². The summed E-state index contributed by atoms with van der Waals surface area (Å²) < 4.78 is 13.2. The smallest absolute Gasteiger partial charge is 0.132 e. The molecule has 3 heteroatoms. The van der Waals surface area contributed by atoms with E-state index < -0.39 is 5.41 Å². The fraction of sp³-hybridized carbons (Fsp3) is 0.139. The summed E-state index contributed by atoms with van der Waals surface area (Å²) in [5.74, 6) is 1.79. The van der Waals surface area contributed by atoms with Gasteiger partial charge in [-0.2, -0.15) is 5.26 Å². The van der Waals surface area contributed by atoms with Crippen molar-refractivity contribution in [3.8, 4) is 28.7 Å². The van der Waals surface area contributed by atoms with Gasteiger partial charge in [0, 0.05) is 11.1 Å². The number of nitrogens with zero attached hydrogens (tertiary/aromatic N) is 1. The third kappa shape index (κ3) is 3.13. The zero-order valence-electron chi connectivity index (χ0n) is 21.3. The van der Waals surface area contributed by atoms with E-state index in [-0.39, 0.29) is 12.2 Å². The third-order valence-electron chi connectivity index (χ3n) is 8.68. The number of hydrogen-bond acceptors (Lipinski definition) is 3. The lowest BCUT2D eigenvalue weighted by Crippen LogP contribution is -2.32. The van der Waals surface area contributed by atoms with Crippen molar-refractivity contribution < 1.29 is 9.47 Å². The van der Waals surface area contributed by atoms with E-state index in [0.29, 0.717) is 5.56 Å². The van der Waals surface area contributed by atoms with Crippen LogP contribution in [0.3, 0.4) is 0 Å². The minimum atomic E-state index is -0.433. The van der Waals surface area contributed by atoms with Crippen LogP contribution in [0.1, 0.15) is 64.0 Å². The van der Waals surface area contributed by atoms with Gasteiger partial charge in [0.1, 0.15) is 11.5 Å². The van der Waals surface area contributed by atoms with Gasteiger partial charge in [-0.15, -0.1) is 0 Å². The van der Waals surface area contributed by atoms with Gasteiger partial charge >= 0.3 is 0 Å². The molecule has 3 nitrogen and oxygen atoms in total. The first-order valence-electron chi connectivity index (χ1n) is 13.5. The van der Waals surface area contributed by atoms with Gasteiger partial charge in [0.25, 0.3) is 0 Å². The summed E-state index contributed by atoms with van der Waals surface area (Å²) in [4.78, 5) is 0. The van der Waals surface area contributed by atoms with Crippen LogP contribution in [-0.4, -0.2) is 0 Å². The van der Waals surface area contributed by atoms with Gasteiger partial charge in [0.15, 0.2) is 0 Å². The standard InChI is InChI=1S/C36H25NO2/c37-22-23-13-15-24(16-14-23)32-19-20-33(38-32)25-17-18-31-35(21-25)39-34-12-6-5-11-30(34)36(31)28-9-3-1-7-26(28)27-8-2-4-10-29(27)36/h1-18,21,32-33H,19-20H2. The Morgan fingerprint density at radius 1 is 0.590 bits per heavy atom. The van der Waals surface area contributed by atoms with E-state index in [1.54, 1.807) is 0 Å². The summed E-state index contributed by atoms with van der Waals surface area (Å²) in [7, 11) is 0. The van der Waals surface area contributed by atoms with Gasteiger partial charge in [-0.25, -0.2) is 0 Å². The number of nitriles is 1. The first-order valence-corrected chi connectivity index (χ1v) is 13.5. The van der Waals surface area contributed by atoms with Crippen molar-refractivity contribution >= 4 is 0 Å². The molecule has 1 aliphatic carbocycles. The average Bonchev–Trinajstić information content (AvgIpc) is 3.60. The molecule has 2 unspecified atom stereocenters. The largest absolute Gasteiger partial charge is 0.457 e. The van der Waals surface area contributed by atoms with E-state index in [4.69, 9.17) is 14.7 Å². The molecule has 186 valence electrons. The molecule has 0 saturated carbocycles. The molecule has 0 N–H and O–H groups in total. The minimum Gasteiger partial charge on any atom is -0.457 e. The molecule has 1 spiro atoms. The molecule has 1 fully saturated rings. The van der Waals surface area contributed by atoms with Gasteiger partial charge < -0.3 is 9.47 Å². The molecule has 5 aromatic rings. The Morgan fingerprint density at radius 3 is 1.85 bits per heavy atom. The van der Waals surface area contributed by atoms with Crippen LogP contribution in [-0.2, 0) is 10.2 Å². The highest BCUT2D eigenvalue weighted by Crippen LogP contribution is 2.62. The van der Waals surface area contributed by atoms with Gasteiger partial charge in [-0.3, -0.25) is 0 Å². The molecule has 0 aromatic heterocycles. The molecular formula is C36H25NO2. The predicted molar refractivity (Wildman–Crippen MR) is 151 cm³/mol. The maximum absolute atomic E-state index is 9.13. The molecule has 5 aromatic carbocycles. The SMILES string of the molecule is N#Cc1ccc(C2CCC(c3ccc4c(c3)Oc3ccccc3C43c4ccccc4-c4ccccc43)O2)cc1. The molecule has 0 bridgehead atoms. The predicted octanol–water partition coefficient (Wildman–Crippen LogP) is 8.62. The molecule has 8 rings (SSSR count). The summed E-state index contributed by atoms with van der Waals surface area (Å²) >= 11 is 0. The van der Waals surface area contributed by atoms with Crippen LogP contribution in [0.2, 0.25) is 0 Å². The Balaban J connectivity index is 1.25. The molecule has 0 amide bonds. The molecule has 2 atom stereocenters. The van der Waals surface area contributed by atoms with E-state index >= 15 is 0 Å². The lowest BCUT2D eigenvalue weighted by molar-refractivity contribution is 0.0440. The number of para-hydroxylation sites is 1. The second-order valence-corrected chi connectivity index (χ2v) is 10.6. The average molecular weight is 504 g/mol. The summed E-state index contributed by atoms with van der Waals surface area (Å²) in [5.41, 5.74) is 10.0. The van der Waals surface area contributed by atoms with Crippen LogP contribution in [0.5, 0.6) is 11.5 Å². The topological polar surface area (TPSA) is 42.2 Å². The van der Waals surface area contributed by atoms with Gasteiger partial charge in [-0.1, -0.05) is 91.0 Å². The highest BCUT2D eigenvalue weighted by Gasteiger charge is 2.51. The van der Waals surface area contributed by atoms with Crippen molar-refractivity contribution in [2.45, 2.75) is 30.5 Å². The Morgan fingerprint density at radius 2 is 1.15 bits per heavy atom. The van der Waals surface area contributed by atoms with Crippen molar-refractivity contribution in [2.75, 3.05) is 0 Å². The zero-order valence-corrected chi connectivity index (χ0v) is 21.3. The quantitative estimate of drug-likeness (QED) is 0.237. The Hall–Kier alpha value is -4.65. The number of hydrogen-bond donors (Lipinski definition) is 0. The zero-order chi connectivity index (χ0) is 26.0. The normalized spacial score (nSPS) is 19.4. The molecule has 3 aliphatic rings. The lowest BCUT2D eigenvalue weighted by atomic mass is 9.66. The van der Waals surface area contributed by atoms with Crippen molar-refractivity contribution in [1.29, 1.82) is 5.26 Å². The molecule has 39 heavy (non-hydrogen) atoms.